The highest BCUT2D eigenvalue weighted by Crippen LogP contribution is 2.29. The van der Waals surface area contributed by atoms with Crippen LogP contribution in [0.1, 0.15) is 33.1 Å². The van der Waals surface area contributed by atoms with Crippen LogP contribution in [0.4, 0.5) is 0 Å². The number of carbonyl (C=O) groups is 1. The molecule has 0 aromatic carbocycles. The molecule has 1 aliphatic rings. The van der Waals surface area contributed by atoms with Crippen molar-refractivity contribution in [3.05, 3.63) is 12.2 Å². The Morgan fingerprint density at radius 1 is 1.47 bits per heavy atom. The van der Waals surface area contributed by atoms with E-state index >= 15 is 0 Å². The second-order valence-electron chi connectivity index (χ2n) is 4.15. The minimum absolute atomic E-state index is 0.250. The summed E-state index contributed by atoms with van der Waals surface area (Å²) in [6.07, 6.45) is 7.18. The molecule has 1 fully saturated rings. The lowest BCUT2D eigenvalue weighted by molar-refractivity contribution is -0.137. The van der Waals surface area contributed by atoms with Crippen LogP contribution >= 0.6 is 11.8 Å². The van der Waals surface area contributed by atoms with E-state index in [0.29, 0.717) is 12.6 Å². The van der Waals surface area contributed by atoms with E-state index in [1.54, 1.807) is 0 Å². The molecule has 0 saturated heterocycles. The van der Waals surface area contributed by atoms with Crippen LogP contribution in [0.5, 0.6) is 0 Å². The standard InChI is InChI=1S/C13H23NO2S/c1-3-16-13(15)6-5-9-14-11-7-8-12(10-11)17-4-2/h5-6,11-12,14H,3-4,7-10H2,1-2H3/b6-5+. The van der Waals surface area contributed by atoms with Crippen LogP contribution in [0.15, 0.2) is 12.2 Å². The Balaban J connectivity index is 2.09. The number of hydrogen-bond donors (Lipinski definition) is 1. The highest BCUT2D eigenvalue weighted by atomic mass is 32.2. The van der Waals surface area contributed by atoms with E-state index in [-0.39, 0.29) is 5.97 Å². The first-order chi connectivity index (χ1) is 8.26. The molecule has 17 heavy (non-hydrogen) atoms. The first kappa shape index (κ1) is 14.6. The molecule has 1 saturated carbocycles. The maximum absolute atomic E-state index is 11.0. The van der Waals surface area contributed by atoms with Crippen molar-refractivity contribution in [2.45, 2.75) is 44.4 Å². The van der Waals surface area contributed by atoms with Gasteiger partial charge < -0.3 is 10.1 Å². The fourth-order valence-corrected chi connectivity index (χ4v) is 3.24. The Hall–Kier alpha value is -0.480. The number of nitrogens with one attached hydrogen (secondary N) is 1. The Kier molecular flexibility index (Phi) is 7.37. The monoisotopic (exact) mass is 257 g/mol. The van der Waals surface area contributed by atoms with Crippen molar-refractivity contribution in [2.24, 2.45) is 0 Å². The predicted octanol–water partition coefficient (Wildman–Crippen LogP) is 2.37. The molecule has 2 unspecified atom stereocenters. The molecule has 1 aliphatic carbocycles. The fourth-order valence-electron chi connectivity index (χ4n) is 2.09. The Labute approximate surface area is 108 Å². The van der Waals surface area contributed by atoms with Crippen LogP contribution in [0.3, 0.4) is 0 Å². The molecular formula is C13H23NO2S. The Bertz CT molecular complexity index is 256. The van der Waals surface area contributed by atoms with Crippen LogP contribution in [0.25, 0.3) is 0 Å². The fraction of sp³-hybridized carbons (Fsp3) is 0.769. The number of ether oxygens (including phenoxy) is 1. The molecule has 0 radical (unpaired) electrons. The van der Waals surface area contributed by atoms with Gasteiger partial charge in [-0.05, 0) is 31.9 Å². The van der Waals surface area contributed by atoms with Gasteiger partial charge in [0.2, 0.25) is 0 Å². The summed E-state index contributed by atoms with van der Waals surface area (Å²) in [5.74, 6) is 0.959. The van der Waals surface area contributed by atoms with E-state index in [9.17, 15) is 4.79 Å². The predicted molar refractivity (Wildman–Crippen MR) is 73.3 cm³/mol. The van der Waals surface area contributed by atoms with Crippen molar-refractivity contribution in [2.75, 3.05) is 18.9 Å². The lowest BCUT2D eigenvalue weighted by atomic mass is 10.2. The number of hydrogen-bond acceptors (Lipinski definition) is 4. The molecule has 0 spiro atoms. The largest absolute Gasteiger partial charge is 0.463 e. The smallest absolute Gasteiger partial charge is 0.330 e. The highest BCUT2D eigenvalue weighted by molar-refractivity contribution is 7.99. The van der Waals surface area contributed by atoms with Gasteiger partial charge in [0.1, 0.15) is 0 Å². The minimum Gasteiger partial charge on any atom is -0.463 e. The molecule has 1 N–H and O–H groups in total. The van der Waals surface area contributed by atoms with Crippen LogP contribution in [0.2, 0.25) is 0 Å². The van der Waals surface area contributed by atoms with E-state index in [4.69, 9.17) is 4.74 Å². The third-order valence-corrected chi connectivity index (χ3v) is 4.08. The highest BCUT2D eigenvalue weighted by Gasteiger charge is 2.23. The van der Waals surface area contributed by atoms with Crippen molar-refractivity contribution in [3.63, 3.8) is 0 Å². The molecule has 0 amide bonds. The summed E-state index contributed by atoms with van der Waals surface area (Å²) in [4.78, 5) is 11.0. The molecule has 0 aromatic rings. The van der Waals surface area contributed by atoms with E-state index in [1.807, 2.05) is 13.0 Å². The zero-order valence-corrected chi connectivity index (χ0v) is 11.6. The third-order valence-electron chi connectivity index (χ3n) is 2.85. The van der Waals surface area contributed by atoms with Crippen LogP contribution < -0.4 is 5.32 Å². The quantitative estimate of drug-likeness (QED) is 0.561. The number of carbonyl (C=O) groups excluding carboxylic acids is 1. The molecule has 2 atom stereocenters. The second kappa shape index (κ2) is 8.59. The minimum atomic E-state index is -0.250. The van der Waals surface area contributed by atoms with Gasteiger partial charge in [-0.2, -0.15) is 11.8 Å². The lowest BCUT2D eigenvalue weighted by Gasteiger charge is -2.11. The summed E-state index contributed by atoms with van der Waals surface area (Å²) in [5.41, 5.74) is 0. The van der Waals surface area contributed by atoms with Gasteiger partial charge in [0.05, 0.1) is 6.61 Å². The second-order valence-corrected chi connectivity index (χ2v) is 5.73. The molecule has 0 bridgehead atoms. The van der Waals surface area contributed by atoms with E-state index in [2.05, 4.69) is 24.0 Å². The topological polar surface area (TPSA) is 38.3 Å². The van der Waals surface area contributed by atoms with Gasteiger partial charge >= 0.3 is 5.97 Å². The van der Waals surface area contributed by atoms with Crippen LogP contribution in [-0.4, -0.2) is 36.2 Å². The summed E-state index contributed by atoms with van der Waals surface area (Å²) in [5, 5.41) is 4.29. The molecule has 0 aliphatic heterocycles. The summed E-state index contributed by atoms with van der Waals surface area (Å²) in [6, 6.07) is 0.617. The SMILES string of the molecule is CCOC(=O)/C=C/CNC1CCC(SCC)C1. The summed E-state index contributed by atoms with van der Waals surface area (Å²) in [6.45, 7) is 5.23. The summed E-state index contributed by atoms with van der Waals surface area (Å²) in [7, 11) is 0. The van der Waals surface area contributed by atoms with Gasteiger partial charge in [0.15, 0.2) is 0 Å². The maximum atomic E-state index is 11.0. The molecule has 3 nitrogen and oxygen atoms in total. The van der Waals surface area contributed by atoms with Crippen molar-refractivity contribution in [1.29, 1.82) is 0 Å². The molecule has 98 valence electrons. The van der Waals surface area contributed by atoms with E-state index < -0.39 is 0 Å². The molecule has 0 aromatic heterocycles. The van der Waals surface area contributed by atoms with Gasteiger partial charge in [0, 0.05) is 23.9 Å². The maximum Gasteiger partial charge on any atom is 0.330 e. The lowest BCUT2D eigenvalue weighted by Crippen LogP contribution is -2.26. The number of esters is 1. The van der Waals surface area contributed by atoms with Gasteiger partial charge in [-0.3, -0.25) is 0 Å². The first-order valence-corrected chi connectivity index (χ1v) is 7.49. The molecule has 4 heteroatoms. The van der Waals surface area contributed by atoms with Crippen LogP contribution in [-0.2, 0) is 9.53 Å². The molecule has 0 heterocycles. The van der Waals surface area contributed by atoms with Gasteiger partial charge in [0.25, 0.3) is 0 Å². The Morgan fingerprint density at radius 2 is 2.29 bits per heavy atom. The van der Waals surface area contributed by atoms with Crippen molar-refractivity contribution in [3.8, 4) is 0 Å². The molecule has 1 rings (SSSR count). The average molecular weight is 257 g/mol. The average Bonchev–Trinajstić information content (AvgIpc) is 2.73. The zero-order chi connectivity index (χ0) is 12.5. The zero-order valence-electron chi connectivity index (χ0n) is 10.8. The van der Waals surface area contributed by atoms with E-state index in [1.165, 1.54) is 31.1 Å². The van der Waals surface area contributed by atoms with Crippen molar-refractivity contribution >= 4 is 17.7 Å². The third kappa shape index (κ3) is 6.13. The number of thioether (sulfide) groups is 1. The van der Waals surface area contributed by atoms with Crippen molar-refractivity contribution < 1.29 is 9.53 Å². The van der Waals surface area contributed by atoms with Crippen LogP contribution in [0, 0.1) is 0 Å². The van der Waals surface area contributed by atoms with Crippen molar-refractivity contribution in [1.82, 2.24) is 5.32 Å². The van der Waals surface area contributed by atoms with Gasteiger partial charge in [-0.15, -0.1) is 0 Å². The normalized spacial score (nSPS) is 24.4. The van der Waals surface area contributed by atoms with Gasteiger partial charge in [-0.25, -0.2) is 4.79 Å². The molecular weight excluding hydrogens is 234 g/mol. The summed E-state index contributed by atoms with van der Waals surface area (Å²) < 4.78 is 4.81. The number of rotatable bonds is 7. The van der Waals surface area contributed by atoms with E-state index in [0.717, 1.165) is 11.8 Å². The Morgan fingerprint density at radius 3 is 3.00 bits per heavy atom. The summed E-state index contributed by atoms with van der Waals surface area (Å²) >= 11 is 2.06. The van der Waals surface area contributed by atoms with Gasteiger partial charge in [-0.1, -0.05) is 13.0 Å². The first-order valence-electron chi connectivity index (χ1n) is 6.44.